The number of carbonyl (C=O) groups excluding carboxylic acids is 2. The van der Waals surface area contributed by atoms with E-state index in [1.165, 1.54) is 23.9 Å². The largest absolute Gasteiger partial charge is 0.478 e. The average molecular weight is 454 g/mol. The van der Waals surface area contributed by atoms with Gasteiger partial charge in [-0.3, -0.25) is 9.59 Å². The van der Waals surface area contributed by atoms with E-state index in [4.69, 9.17) is 5.11 Å². The lowest BCUT2D eigenvalue weighted by Crippen LogP contribution is -2.28. The highest BCUT2D eigenvalue weighted by Crippen LogP contribution is 2.20. The Bertz CT molecular complexity index is 1140. The molecule has 32 heavy (non-hydrogen) atoms. The minimum absolute atomic E-state index is 0.0629. The van der Waals surface area contributed by atoms with Crippen molar-refractivity contribution in [1.29, 1.82) is 0 Å². The van der Waals surface area contributed by atoms with Crippen LogP contribution in [0.5, 0.6) is 0 Å². The van der Waals surface area contributed by atoms with Gasteiger partial charge >= 0.3 is 5.97 Å². The zero-order valence-corrected chi connectivity index (χ0v) is 18.6. The van der Waals surface area contributed by atoms with Crippen molar-refractivity contribution in [3.63, 3.8) is 0 Å². The van der Waals surface area contributed by atoms with Crippen LogP contribution in [0.25, 0.3) is 0 Å². The van der Waals surface area contributed by atoms with Crippen LogP contribution in [0.15, 0.2) is 53.7 Å². The van der Waals surface area contributed by atoms with Gasteiger partial charge in [0.15, 0.2) is 11.0 Å². The smallest absolute Gasteiger partial charge is 0.335 e. The summed E-state index contributed by atoms with van der Waals surface area (Å²) in [5.74, 6) is -0.957. The number of carboxylic acids is 1. The Morgan fingerprint density at radius 1 is 1.09 bits per heavy atom. The minimum atomic E-state index is -1.06. The molecule has 0 aliphatic heterocycles. The summed E-state index contributed by atoms with van der Waals surface area (Å²) in [5.41, 5.74) is 2.13. The van der Waals surface area contributed by atoms with E-state index in [0.717, 1.165) is 5.56 Å². The molecule has 1 heterocycles. The summed E-state index contributed by atoms with van der Waals surface area (Å²) in [6.45, 7) is 3.77. The summed E-state index contributed by atoms with van der Waals surface area (Å²) in [7, 11) is 1.76. The zero-order chi connectivity index (χ0) is 23.3. The quantitative estimate of drug-likeness (QED) is 0.448. The van der Waals surface area contributed by atoms with Crippen LogP contribution in [0.2, 0.25) is 0 Å². The molecule has 3 rings (SSSR count). The van der Waals surface area contributed by atoms with Crippen LogP contribution < -0.4 is 10.6 Å². The lowest BCUT2D eigenvalue weighted by molar-refractivity contribution is -0.113. The van der Waals surface area contributed by atoms with E-state index in [0.29, 0.717) is 22.2 Å². The van der Waals surface area contributed by atoms with Crippen LogP contribution in [0.4, 0.5) is 5.69 Å². The third-order valence-corrected chi connectivity index (χ3v) is 5.66. The van der Waals surface area contributed by atoms with Gasteiger partial charge in [-0.05, 0) is 44.2 Å². The maximum absolute atomic E-state index is 12.4. The van der Waals surface area contributed by atoms with Crippen molar-refractivity contribution in [3.05, 3.63) is 71.0 Å². The molecule has 0 spiro atoms. The number of hydrogen-bond acceptors (Lipinski definition) is 6. The van der Waals surface area contributed by atoms with Crippen molar-refractivity contribution in [2.45, 2.75) is 25.0 Å². The van der Waals surface area contributed by atoms with Gasteiger partial charge in [-0.1, -0.05) is 35.5 Å². The molecule has 2 aromatic carbocycles. The van der Waals surface area contributed by atoms with E-state index in [-0.39, 0.29) is 29.2 Å². The second-order valence-corrected chi connectivity index (χ2v) is 8.13. The second-order valence-electron chi connectivity index (χ2n) is 7.18. The minimum Gasteiger partial charge on any atom is -0.478 e. The first-order valence-corrected chi connectivity index (χ1v) is 10.8. The van der Waals surface area contributed by atoms with E-state index < -0.39 is 5.97 Å². The molecule has 3 N–H and O–H groups in total. The molecule has 1 atom stereocenters. The predicted octanol–water partition coefficient (Wildman–Crippen LogP) is 3.04. The molecule has 0 radical (unpaired) electrons. The summed E-state index contributed by atoms with van der Waals surface area (Å²) >= 11 is 1.19. The lowest BCUT2D eigenvalue weighted by Gasteiger charge is -2.13. The average Bonchev–Trinajstić information content (AvgIpc) is 3.13. The van der Waals surface area contributed by atoms with E-state index in [2.05, 4.69) is 20.8 Å². The molecule has 10 heteroatoms. The van der Waals surface area contributed by atoms with Gasteiger partial charge in [0.05, 0.1) is 17.4 Å². The molecular weight excluding hydrogens is 430 g/mol. The number of carbonyl (C=O) groups is 3. The van der Waals surface area contributed by atoms with Crippen LogP contribution in [0, 0.1) is 6.92 Å². The normalized spacial score (nSPS) is 11.6. The Morgan fingerprint density at radius 3 is 2.50 bits per heavy atom. The van der Waals surface area contributed by atoms with Crippen LogP contribution >= 0.6 is 11.8 Å². The first kappa shape index (κ1) is 23.0. The molecule has 0 fully saturated rings. The number of amides is 2. The number of anilines is 1. The van der Waals surface area contributed by atoms with Crippen molar-refractivity contribution in [2.75, 3.05) is 11.1 Å². The van der Waals surface area contributed by atoms with Crippen molar-refractivity contribution in [1.82, 2.24) is 20.1 Å². The molecule has 0 aliphatic rings. The summed E-state index contributed by atoms with van der Waals surface area (Å²) in [4.78, 5) is 35.7. The number of benzene rings is 2. The highest BCUT2D eigenvalue weighted by atomic mass is 32.2. The van der Waals surface area contributed by atoms with E-state index >= 15 is 0 Å². The van der Waals surface area contributed by atoms with Gasteiger partial charge in [-0.15, -0.1) is 10.2 Å². The number of hydrogen-bond donors (Lipinski definition) is 3. The van der Waals surface area contributed by atoms with Crippen LogP contribution in [0.1, 0.15) is 45.1 Å². The number of aromatic nitrogens is 3. The maximum Gasteiger partial charge on any atom is 0.335 e. The van der Waals surface area contributed by atoms with Crippen LogP contribution in [-0.2, 0) is 11.8 Å². The molecular formula is C22H23N5O4S. The molecule has 166 valence electrons. The molecule has 0 unspecified atom stereocenters. The fourth-order valence-electron chi connectivity index (χ4n) is 2.94. The van der Waals surface area contributed by atoms with Gasteiger partial charge in [0.1, 0.15) is 0 Å². The number of nitrogens with zero attached hydrogens (tertiary/aromatic N) is 3. The Morgan fingerprint density at radius 2 is 1.81 bits per heavy atom. The number of rotatable bonds is 8. The first-order chi connectivity index (χ1) is 15.2. The standard InChI is InChI=1S/C22H23N5O4S/c1-13-7-9-15(10-8-13)20(29)23-14(2)19-25-26-22(27(19)3)32-12-18(28)24-17-6-4-5-16(11-17)21(30)31/h4-11,14H,12H2,1-3H3,(H,23,29)(H,24,28)(H,30,31)/t14-/m1/s1. The lowest BCUT2D eigenvalue weighted by atomic mass is 10.1. The van der Waals surface area contributed by atoms with Crippen molar-refractivity contribution >= 4 is 35.2 Å². The Kier molecular flexibility index (Phi) is 7.26. The van der Waals surface area contributed by atoms with E-state index in [9.17, 15) is 14.4 Å². The first-order valence-electron chi connectivity index (χ1n) is 9.77. The molecule has 0 bridgehead atoms. The van der Waals surface area contributed by atoms with E-state index in [1.54, 1.807) is 35.9 Å². The third-order valence-electron chi connectivity index (χ3n) is 4.64. The predicted molar refractivity (Wildman–Crippen MR) is 121 cm³/mol. The molecule has 2 amide bonds. The third kappa shape index (κ3) is 5.73. The van der Waals surface area contributed by atoms with Gasteiger partial charge in [0, 0.05) is 18.3 Å². The van der Waals surface area contributed by atoms with Gasteiger partial charge in [0.2, 0.25) is 5.91 Å². The SMILES string of the molecule is Cc1ccc(C(=O)N[C@H](C)c2nnc(SCC(=O)Nc3cccc(C(=O)O)c3)n2C)cc1. The summed E-state index contributed by atoms with van der Waals surface area (Å²) in [6.07, 6.45) is 0. The monoisotopic (exact) mass is 453 g/mol. The van der Waals surface area contributed by atoms with Crippen molar-refractivity contribution in [3.8, 4) is 0 Å². The van der Waals surface area contributed by atoms with Crippen LogP contribution in [-0.4, -0.2) is 43.4 Å². The summed E-state index contributed by atoms with van der Waals surface area (Å²) in [5, 5.41) is 23.4. The topological polar surface area (TPSA) is 126 Å². The van der Waals surface area contributed by atoms with Crippen LogP contribution in [0.3, 0.4) is 0 Å². The summed E-state index contributed by atoms with van der Waals surface area (Å²) < 4.78 is 1.73. The molecule has 9 nitrogen and oxygen atoms in total. The number of aromatic carboxylic acids is 1. The molecule has 0 saturated heterocycles. The number of carboxylic acid groups (broad SMARTS) is 1. The van der Waals surface area contributed by atoms with Gasteiger partial charge < -0.3 is 20.3 Å². The fraction of sp³-hybridized carbons (Fsp3) is 0.227. The Hall–Kier alpha value is -3.66. The summed E-state index contributed by atoms with van der Waals surface area (Å²) in [6, 6.07) is 12.9. The van der Waals surface area contributed by atoms with Gasteiger partial charge in [-0.25, -0.2) is 4.79 Å². The Labute approximate surface area is 189 Å². The van der Waals surface area contributed by atoms with Gasteiger partial charge in [-0.2, -0.15) is 0 Å². The number of thioether (sulfide) groups is 1. The highest BCUT2D eigenvalue weighted by molar-refractivity contribution is 7.99. The van der Waals surface area contributed by atoms with Crippen molar-refractivity contribution < 1.29 is 19.5 Å². The maximum atomic E-state index is 12.4. The number of aryl methyl sites for hydroxylation is 1. The molecule has 0 saturated carbocycles. The molecule has 3 aromatic rings. The molecule has 1 aromatic heterocycles. The highest BCUT2D eigenvalue weighted by Gasteiger charge is 2.19. The van der Waals surface area contributed by atoms with Crippen molar-refractivity contribution in [2.24, 2.45) is 7.05 Å². The van der Waals surface area contributed by atoms with E-state index in [1.807, 2.05) is 26.0 Å². The van der Waals surface area contributed by atoms with Gasteiger partial charge in [0.25, 0.3) is 5.91 Å². The zero-order valence-electron chi connectivity index (χ0n) is 17.8. The molecule has 0 aliphatic carbocycles. The second kappa shape index (κ2) is 10.1. The fourth-order valence-corrected chi connectivity index (χ4v) is 3.65. The number of nitrogens with one attached hydrogen (secondary N) is 2. The Balaban J connectivity index is 1.57.